The first kappa shape index (κ1) is 22.2. The van der Waals surface area contributed by atoms with Crippen molar-refractivity contribution in [3.05, 3.63) is 29.3 Å². The van der Waals surface area contributed by atoms with Gasteiger partial charge < -0.3 is 10.2 Å². The number of hydrogen-bond acceptors (Lipinski definition) is 3. The summed E-state index contributed by atoms with van der Waals surface area (Å²) in [6.07, 6.45) is 7.27. The Morgan fingerprint density at radius 1 is 1.12 bits per heavy atom. The van der Waals surface area contributed by atoms with Gasteiger partial charge in [0.25, 0.3) is 5.91 Å². The fourth-order valence-electron chi connectivity index (χ4n) is 3.73. The summed E-state index contributed by atoms with van der Waals surface area (Å²) in [5.41, 5.74) is 4.26. The molecule has 26 heavy (non-hydrogen) atoms. The smallest absolute Gasteiger partial charge is 0.265 e. The molecule has 0 saturated heterocycles. The van der Waals surface area contributed by atoms with Crippen molar-refractivity contribution in [1.82, 2.24) is 0 Å². The Balaban J connectivity index is 0.00000163. The van der Waals surface area contributed by atoms with E-state index < -0.39 is 0 Å². The number of carbonyl (C=O) groups is 1. The lowest BCUT2D eigenvalue weighted by Gasteiger charge is -2.36. The largest absolute Gasteiger partial charge is 0.386 e. The third-order valence-corrected chi connectivity index (χ3v) is 5.16. The number of oxime groups is 1. The lowest BCUT2D eigenvalue weighted by molar-refractivity contribution is -0.120. The van der Waals surface area contributed by atoms with E-state index >= 15 is 0 Å². The fourth-order valence-corrected chi connectivity index (χ4v) is 3.73. The van der Waals surface area contributed by atoms with Crippen LogP contribution in [0.4, 0.5) is 5.69 Å². The van der Waals surface area contributed by atoms with Crippen molar-refractivity contribution >= 4 is 17.3 Å². The molecule has 4 heteroatoms. The minimum absolute atomic E-state index is 0.0515. The first-order valence-electron chi connectivity index (χ1n) is 10.0. The maximum atomic E-state index is 12.0. The molecule has 2 rings (SSSR count). The van der Waals surface area contributed by atoms with Crippen LogP contribution in [0.2, 0.25) is 0 Å². The van der Waals surface area contributed by atoms with Crippen LogP contribution in [-0.4, -0.2) is 18.2 Å². The third kappa shape index (κ3) is 6.47. The molecule has 1 aromatic carbocycles. The van der Waals surface area contributed by atoms with Crippen LogP contribution in [0.5, 0.6) is 0 Å². The number of benzene rings is 1. The van der Waals surface area contributed by atoms with E-state index in [1.54, 1.807) is 0 Å². The summed E-state index contributed by atoms with van der Waals surface area (Å²) < 4.78 is 0. The van der Waals surface area contributed by atoms with E-state index in [0.717, 1.165) is 28.9 Å². The minimum atomic E-state index is -0.175. The minimum Gasteiger partial charge on any atom is -0.386 e. The van der Waals surface area contributed by atoms with Crippen LogP contribution >= 0.6 is 0 Å². The molecule has 0 unspecified atom stereocenters. The molecular weight excluding hydrogens is 324 g/mol. The number of hydrogen-bond donors (Lipinski definition) is 1. The van der Waals surface area contributed by atoms with Crippen LogP contribution in [0.3, 0.4) is 0 Å². The van der Waals surface area contributed by atoms with Gasteiger partial charge in [0.05, 0.1) is 5.71 Å². The second-order valence-corrected chi connectivity index (χ2v) is 7.07. The summed E-state index contributed by atoms with van der Waals surface area (Å²) >= 11 is 0. The van der Waals surface area contributed by atoms with Gasteiger partial charge in [0.15, 0.2) is 6.61 Å². The monoisotopic (exact) mass is 360 g/mol. The quantitative estimate of drug-likeness (QED) is 0.498. The van der Waals surface area contributed by atoms with Gasteiger partial charge in [0.1, 0.15) is 0 Å². The Morgan fingerprint density at radius 2 is 1.69 bits per heavy atom. The molecule has 1 fully saturated rings. The van der Waals surface area contributed by atoms with Gasteiger partial charge in [-0.05, 0) is 63.3 Å². The summed E-state index contributed by atoms with van der Waals surface area (Å²) in [7, 11) is 0. The van der Waals surface area contributed by atoms with Gasteiger partial charge in [0.2, 0.25) is 0 Å². The average Bonchev–Trinajstić information content (AvgIpc) is 2.63. The zero-order chi connectivity index (χ0) is 19.6. The number of carbonyl (C=O) groups excluding carboxylic acids is 1. The normalized spacial score (nSPS) is 16.3. The third-order valence-electron chi connectivity index (χ3n) is 5.16. The van der Waals surface area contributed by atoms with Crippen molar-refractivity contribution in [1.29, 1.82) is 0 Å². The molecule has 1 aliphatic carbocycles. The summed E-state index contributed by atoms with van der Waals surface area (Å²) in [6, 6.07) is 5.98. The molecule has 0 spiro atoms. The summed E-state index contributed by atoms with van der Waals surface area (Å²) in [5, 5.41) is 7.13. The highest BCUT2D eigenvalue weighted by Crippen LogP contribution is 2.40. The van der Waals surface area contributed by atoms with Crippen LogP contribution in [0.25, 0.3) is 0 Å². The highest BCUT2D eigenvalue weighted by molar-refractivity contribution is 5.92. The molecule has 0 bridgehead atoms. The molecule has 1 saturated carbocycles. The molecule has 146 valence electrons. The van der Waals surface area contributed by atoms with Gasteiger partial charge >= 0.3 is 0 Å². The van der Waals surface area contributed by atoms with Crippen molar-refractivity contribution in [2.75, 3.05) is 11.9 Å². The molecular formula is C22H36N2O2. The van der Waals surface area contributed by atoms with Gasteiger partial charge in [0, 0.05) is 11.1 Å². The first-order chi connectivity index (χ1) is 12.4. The summed E-state index contributed by atoms with van der Waals surface area (Å²) in [6.45, 7) is 12.2. The lowest BCUT2D eigenvalue weighted by atomic mass is 9.69. The zero-order valence-electron chi connectivity index (χ0n) is 17.4. The van der Waals surface area contributed by atoms with E-state index in [9.17, 15) is 4.79 Å². The maximum Gasteiger partial charge on any atom is 0.265 e. The van der Waals surface area contributed by atoms with Crippen molar-refractivity contribution in [3.8, 4) is 0 Å². The van der Waals surface area contributed by atoms with E-state index in [2.05, 4.69) is 23.5 Å². The van der Waals surface area contributed by atoms with Gasteiger partial charge in [-0.15, -0.1) is 0 Å². The number of anilines is 1. The van der Waals surface area contributed by atoms with Gasteiger partial charge in [-0.3, -0.25) is 4.79 Å². The number of amides is 1. The Kier molecular flexibility index (Phi) is 9.39. The van der Waals surface area contributed by atoms with Crippen LogP contribution in [0.1, 0.15) is 77.3 Å². The molecule has 0 atom stereocenters. The molecule has 0 radical (unpaired) electrons. The standard InChI is InChI=1S/C20H30N2O2.C2H6/c1-5-20(9-7-6-8-10-20)17(4)22-24-14-19(23)21-18-12-15(2)11-16(3)13-18;1-2/h11-13H,5-10,14H2,1-4H3,(H,21,23);1-2H3/b22-17+;. The molecule has 0 heterocycles. The number of rotatable bonds is 6. The van der Waals surface area contributed by atoms with Crippen LogP contribution < -0.4 is 5.32 Å². The van der Waals surface area contributed by atoms with E-state index in [1.165, 1.54) is 32.1 Å². The van der Waals surface area contributed by atoms with Gasteiger partial charge in [-0.25, -0.2) is 0 Å². The molecule has 0 aromatic heterocycles. The number of nitrogens with one attached hydrogen (secondary N) is 1. The second-order valence-electron chi connectivity index (χ2n) is 7.07. The predicted molar refractivity (Wildman–Crippen MR) is 111 cm³/mol. The van der Waals surface area contributed by atoms with E-state index in [0.29, 0.717) is 0 Å². The SMILES string of the molecule is CC.CCC1(/C(C)=N/OCC(=O)Nc2cc(C)cc(C)c2)CCCCC1. The highest BCUT2D eigenvalue weighted by Gasteiger charge is 2.33. The zero-order valence-corrected chi connectivity index (χ0v) is 17.4. The maximum absolute atomic E-state index is 12.0. The topological polar surface area (TPSA) is 50.7 Å². The van der Waals surface area contributed by atoms with Gasteiger partial charge in [-0.1, -0.05) is 51.3 Å². The van der Waals surface area contributed by atoms with Crippen LogP contribution in [0.15, 0.2) is 23.4 Å². The highest BCUT2D eigenvalue weighted by atomic mass is 16.6. The second kappa shape index (κ2) is 11.0. The van der Waals surface area contributed by atoms with E-state index in [1.807, 2.05) is 46.8 Å². The predicted octanol–water partition coefficient (Wildman–Crippen LogP) is 6.02. The van der Waals surface area contributed by atoms with Crippen molar-refractivity contribution in [3.63, 3.8) is 0 Å². The Bertz CT molecular complexity index is 582. The fraction of sp³-hybridized carbons (Fsp3) is 0.636. The molecule has 1 aliphatic rings. The first-order valence-corrected chi connectivity index (χ1v) is 10.0. The molecule has 1 aromatic rings. The number of nitrogens with zero attached hydrogens (tertiary/aromatic N) is 1. The number of aryl methyl sites for hydroxylation is 2. The lowest BCUT2D eigenvalue weighted by Crippen LogP contribution is -2.31. The Labute approximate surface area is 159 Å². The van der Waals surface area contributed by atoms with Gasteiger partial charge in [-0.2, -0.15) is 0 Å². The van der Waals surface area contributed by atoms with Crippen LogP contribution in [0, 0.1) is 19.3 Å². The Hall–Kier alpha value is -1.84. The van der Waals surface area contributed by atoms with Crippen molar-refractivity contribution in [2.24, 2.45) is 10.6 Å². The van der Waals surface area contributed by atoms with Crippen molar-refractivity contribution in [2.45, 2.75) is 80.1 Å². The molecule has 1 amide bonds. The molecule has 1 N–H and O–H groups in total. The molecule has 4 nitrogen and oxygen atoms in total. The van der Waals surface area contributed by atoms with Crippen LogP contribution in [-0.2, 0) is 9.63 Å². The average molecular weight is 361 g/mol. The summed E-state index contributed by atoms with van der Waals surface area (Å²) in [4.78, 5) is 17.4. The van der Waals surface area contributed by atoms with E-state index in [4.69, 9.17) is 4.84 Å². The molecule has 0 aliphatic heterocycles. The summed E-state index contributed by atoms with van der Waals surface area (Å²) in [5.74, 6) is -0.175. The van der Waals surface area contributed by atoms with Crippen molar-refractivity contribution < 1.29 is 9.63 Å². The van der Waals surface area contributed by atoms with E-state index in [-0.39, 0.29) is 17.9 Å². The Morgan fingerprint density at radius 3 is 2.23 bits per heavy atom.